The van der Waals surface area contributed by atoms with Crippen molar-refractivity contribution in [2.24, 2.45) is 7.05 Å². The number of hydrogen-bond donors (Lipinski definition) is 1. The third-order valence-corrected chi connectivity index (χ3v) is 4.50. The Kier molecular flexibility index (Phi) is 3.97. The van der Waals surface area contributed by atoms with Crippen LogP contribution in [0.2, 0.25) is 0 Å². The maximum Gasteiger partial charge on any atom is 0.244 e. The quantitative estimate of drug-likeness (QED) is 0.562. The lowest BCUT2D eigenvalue weighted by Gasteiger charge is -2.14. The number of nitrogens with one attached hydrogen (secondary N) is 1. The van der Waals surface area contributed by atoms with E-state index in [9.17, 15) is 0 Å². The standard InChI is InChI=1S/C18H19N7O3/c1-11-7-15(28-23-11)21-18-20-14-3-5-25(12-8-19-24(2)9-12)16(14)17(22-18)27-13-4-6-26-10-13/h3,5,7-9,13H,4,6,10H2,1-2H3,(H,20,21,22)/t13-/m0/s1. The summed E-state index contributed by atoms with van der Waals surface area (Å²) in [4.78, 5) is 9.20. The van der Waals surface area contributed by atoms with Crippen LogP contribution in [0.1, 0.15) is 12.1 Å². The van der Waals surface area contributed by atoms with Gasteiger partial charge in [0.15, 0.2) is 0 Å². The van der Waals surface area contributed by atoms with Gasteiger partial charge >= 0.3 is 0 Å². The average Bonchev–Trinajstić information content (AvgIpc) is 3.43. The molecule has 10 heteroatoms. The molecule has 0 bridgehead atoms. The fraction of sp³-hybridized carbons (Fsp3) is 0.333. The fourth-order valence-electron chi connectivity index (χ4n) is 3.20. The molecule has 5 rings (SSSR count). The third kappa shape index (κ3) is 3.07. The predicted molar refractivity (Wildman–Crippen MR) is 100 cm³/mol. The van der Waals surface area contributed by atoms with Crippen LogP contribution in [0.15, 0.2) is 35.2 Å². The van der Waals surface area contributed by atoms with Crippen molar-refractivity contribution < 1.29 is 14.0 Å². The van der Waals surface area contributed by atoms with Gasteiger partial charge < -0.3 is 18.6 Å². The summed E-state index contributed by atoms with van der Waals surface area (Å²) in [6, 6.07) is 3.69. The van der Waals surface area contributed by atoms with Crippen LogP contribution in [0.5, 0.6) is 5.88 Å². The molecule has 10 nitrogen and oxygen atoms in total. The van der Waals surface area contributed by atoms with Gasteiger partial charge in [0.1, 0.15) is 11.6 Å². The lowest BCUT2D eigenvalue weighted by molar-refractivity contribution is 0.139. The number of rotatable bonds is 5. The molecule has 1 N–H and O–H groups in total. The van der Waals surface area contributed by atoms with Crippen molar-refractivity contribution in [2.45, 2.75) is 19.4 Å². The summed E-state index contributed by atoms with van der Waals surface area (Å²) in [6.07, 6.45) is 6.41. The van der Waals surface area contributed by atoms with Crippen LogP contribution in [0.3, 0.4) is 0 Å². The van der Waals surface area contributed by atoms with Crippen molar-refractivity contribution in [1.29, 1.82) is 0 Å². The second-order valence-corrected chi connectivity index (χ2v) is 6.71. The van der Waals surface area contributed by atoms with E-state index >= 15 is 0 Å². The van der Waals surface area contributed by atoms with E-state index in [0.717, 1.165) is 28.8 Å². The molecule has 4 aromatic heterocycles. The maximum atomic E-state index is 6.19. The molecule has 144 valence electrons. The van der Waals surface area contributed by atoms with Gasteiger partial charge in [0.05, 0.1) is 36.3 Å². The molecular formula is C18H19N7O3. The van der Waals surface area contributed by atoms with E-state index in [2.05, 4.69) is 25.5 Å². The summed E-state index contributed by atoms with van der Waals surface area (Å²) in [5.41, 5.74) is 3.19. The van der Waals surface area contributed by atoms with Crippen molar-refractivity contribution in [2.75, 3.05) is 18.5 Å². The van der Waals surface area contributed by atoms with E-state index in [1.165, 1.54) is 0 Å². The lowest BCUT2D eigenvalue weighted by atomic mass is 10.3. The Bertz CT molecular complexity index is 1120. The monoisotopic (exact) mass is 381 g/mol. The molecule has 4 aromatic rings. The molecule has 0 aromatic carbocycles. The number of anilines is 2. The Hall–Kier alpha value is -3.40. The van der Waals surface area contributed by atoms with E-state index in [-0.39, 0.29) is 6.10 Å². The van der Waals surface area contributed by atoms with Crippen LogP contribution >= 0.6 is 0 Å². The Morgan fingerprint density at radius 3 is 2.96 bits per heavy atom. The number of fused-ring (bicyclic) bond motifs is 1. The zero-order valence-electron chi connectivity index (χ0n) is 15.5. The molecule has 0 unspecified atom stereocenters. The van der Waals surface area contributed by atoms with Gasteiger partial charge in [-0.05, 0) is 13.0 Å². The molecule has 5 heterocycles. The Morgan fingerprint density at radius 2 is 2.25 bits per heavy atom. The van der Waals surface area contributed by atoms with Gasteiger partial charge in [0.25, 0.3) is 0 Å². The van der Waals surface area contributed by atoms with E-state index in [0.29, 0.717) is 30.9 Å². The molecule has 28 heavy (non-hydrogen) atoms. The highest BCUT2D eigenvalue weighted by molar-refractivity contribution is 5.84. The topological polar surface area (TPSA) is 105 Å². The summed E-state index contributed by atoms with van der Waals surface area (Å²) in [6.45, 7) is 3.08. The van der Waals surface area contributed by atoms with Crippen molar-refractivity contribution in [3.05, 3.63) is 36.4 Å². The first kappa shape index (κ1) is 16.8. The van der Waals surface area contributed by atoms with Gasteiger partial charge in [-0.1, -0.05) is 5.16 Å². The van der Waals surface area contributed by atoms with E-state index in [1.54, 1.807) is 16.9 Å². The Morgan fingerprint density at radius 1 is 1.32 bits per heavy atom. The molecule has 0 saturated carbocycles. The van der Waals surface area contributed by atoms with Crippen molar-refractivity contribution in [3.63, 3.8) is 0 Å². The average molecular weight is 381 g/mol. The number of ether oxygens (including phenoxy) is 2. The van der Waals surface area contributed by atoms with Crippen LogP contribution in [-0.2, 0) is 11.8 Å². The van der Waals surface area contributed by atoms with Crippen LogP contribution in [0.25, 0.3) is 16.7 Å². The minimum Gasteiger partial charge on any atom is -0.470 e. The largest absolute Gasteiger partial charge is 0.470 e. The molecule has 1 aliphatic rings. The lowest BCUT2D eigenvalue weighted by Crippen LogP contribution is -2.17. The summed E-state index contributed by atoms with van der Waals surface area (Å²) in [5, 5.41) is 11.2. The van der Waals surface area contributed by atoms with E-state index in [4.69, 9.17) is 14.0 Å². The van der Waals surface area contributed by atoms with E-state index < -0.39 is 0 Å². The minimum atomic E-state index is -0.0456. The number of nitrogens with zero attached hydrogens (tertiary/aromatic N) is 6. The molecular weight excluding hydrogens is 362 g/mol. The first-order valence-corrected chi connectivity index (χ1v) is 8.98. The molecule has 0 aliphatic carbocycles. The highest BCUT2D eigenvalue weighted by Gasteiger charge is 2.22. The molecule has 1 fully saturated rings. The maximum absolute atomic E-state index is 6.19. The molecule has 0 amide bonds. The van der Waals surface area contributed by atoms with Gasteiger partial charge in [-0.2, -0.15) is 10.1 Å². The van der Waals surface area contributed by atoms with Gasteiger partial charge in [-0.3, -0.25) is 10.00 Å². The number of aryl methyl sites for hydroxylation is 2. The first-order chi connectivity index (χ1) is 13.7. The Balaban J connectivity index is 1.59. The second-order valence-electron chi connectivity index (χ2n) is 6.71. The highest BCUT2D eigenvalue weighted by Crippen LogP contribution is 2.30. The summed E-state index contributed by atoms with van der Waals surface area (Å²) in [5.74, 6) is 1.33. The van der Waals surface area contributed by atoms with Crippen LogP contribution in [0, 0.1) is 6.92 Å². The van der Waals surface area contributed by atoms with Crippen LogP contribution < -0.4 is 10.1 Å². The summed E-state index contributed by atoms with van der Waals surface area (Å²) >= 11 is 0. The third-order valence-electron chi connectivity index (χ3n) is 4.50. The van der Waals surface area contributed by atoms with Gasteiger partial charge in [0, 0.05) is 31.9 Å². The second kappa shape index (κ2) is 6.64. The van der Waals surface area contributed by atoms with Crippen LogP contribution in [0.4, 0.5) is 11.8 Å². The molecule has 1 saturated heterocycles. The summed E-state index contributed by atoms with van der Waals surface area (Å²) in [7, 11) is 1.88. The normalized spacial score (nSPS) is 16.7. The Labute approximate surface area is 160 Å². The molecule has 1 aliphatic heterocycles. The molecule has 1 atom stereocenters. The SMILES string of the molecule is Cc1cc(Nc2nc(O[C@H]3CCOC3)c3c(ccn3-c3cnn(C)c3)n2)on1. The molecule has 0 radical (unpaired) electrons. The highest BCUT2D eigenvalue weighted by atomic mass is 16.5. The van der Waals surface area contributed by atoms with Crippen molar-refractivity contribution in [1.82, 2.24) is 29.5 Å². The number of aromatic nitrogens is 6. The molecule has 0 spiro atoms. The summed E-state index contributed by atoms with van der Waals surface area (Å²) < 4.78 is 20.6. The fourth-order valence-corrected chi connectivity index (χ4v) is 3.20. The van der Waals surface area contributed by atoms with Crippen molar-refractivity contribution >= 4 is 22.9 Å². The van der Waals surface area contributed by atoms with Gasteiger partial charge in [-0.15, -0.1) is 0 Å². The van der Waals surface area contributed by atoms with Gasteiger partial charge in [0.2, 0.25) is 17.7 Å². The van der Waals surface area contributed by atoms with Crippen LogP contribution in [-0.4, -0.2) is 48.8 Å². The van der Waals surface area contributed by atoms with E-state index in [1.807, 2.05) is 37.0 Å². The zero-order chi connectivity index (χ0) is 19.1. The van der Waals surface area contributed by atoms with Crippen molar-refractivity contribution in [3.8, 4) is 11.6 Å². The number of hydrogen-bond acceptors (Lipinski definition) is 8. The zero-order valence-corrected chi connectivity index (χ0v) is 15.5. The predicted octanol–water partition coefficient (Wildman–Crippen LogP) is 2.36. The van der Waals surface area contributed by atoms with Gasteiger partial charge in [-0.25, -0.2) is 4.98 Å². The first-order valence-electron chi connectivity index (χ1n) is 8.98. The minimum absolute atomic E-state index is 0.0456. The smallest absolute Gasteiger partial charge is 0.244 e.